The number of nitrogens with zero attached hydrogens (tertiary/aromatic N) is 1. The normalized spacial score (nSPS) is 17.1. The highest BCUT2D eigenvalue weighted by molar-refractivity contribution is 5.95. The summed E-state index contributed by atoms with van der Waals surface area (Å²) in [4.78, 5) is 27.0. The van der Waals surface area contributed by atoms with E-state index in [-0.39, 0.29) is 22.7 Å². The molecule has 1 heterocycles. The Labute approximate surface area is 111 Å². The van der Waals surface area contributed by atoms with E-state index < -0.39 is 5.91 Å². The van der Waals surface area contributed by atoms with Crippen LogP contribution in [0.3, 0.4) is 0 Å². The third kappa shape index (κ3) is 2.90. The van der Waals surface area contributed by atoms with Gasteiger partial charge in [0.25, 0.3) is 5.91 Å². The molecule has 0 aliphatic heterocycles. The summed E-state index contributed by atoms with van der Waals surface area (Å²) in [5.41, 5.74) is 11.1. The number of hydrogen-bond acceptors (Lipinski definition) is 4. The molecule has 19 heavy (non-hydrogen) atoms. The molecule has 2 amide bonds. The number of carbonyl (C=O) groups is 2. The van der Waals surface area contributed by atoms with Crippen LogP contribution < -0.4 is 16.8 Å². The summed E-state index contributed by atoms with van der Waals surface area (Å²) in [5.74, 6) is -0.822. The van der Waals surface area contributed by atoms with Crippen molar-refractivity contribution < 1.29 is 9.59 Å². The van der Waals surface area contributed by atoms with Gasteiger partial charge < -0.3 is 16.8 Å². The number of carbonyl (C=O) groups excluding carboxylic acids is 2. The number of amides is 2. The summed E-state index contributed by atoms with van der Waals surface area (Å²) in [6.07, 6.45) is 5.25. The second-order valence-electron chi connectivity index (χ2n) is 4.94. The highest BCUT2D eigenvalue weighted by Gasteiger charge is 2.34. The quantitative estimate of drug-likeness (QED) is 0.718. The summed E-state index contributed by atoms with van der Waals surface area (Å²) in [5, 5.41) is 2.96. The zero-order valence-corrected chi connectivity index (χ0v) is 10.7. The minimum absolute atomic E-state index is 0.261. The first-order valence-corrected chi connectivity index (χ1v) is 6.35. The third-order valence-electron chi connectivity index (χ3n) is 3.61. The van der Waals surface area contributed by atoms with Crippen molar-refractivity contribution in [3.05, 3.63) is 29.6 Å². The topological polar surface area (TPSA) is 111 Å². The van der Waals surface area contributed by atoms with Gasteiger partial charge in [-0.05, 0) is 25.0 Å². The molecule has 0 unspecified atom stereocenters. The molecular weight excluding hydrogens is 244 g/mol. The van der Waals surface area contributed by atoms with E-state index in [4.69, 9.17) is 11.5 Å². The van der Waals surface area contributed by atoms with Crippen LogP contribution in [0.15, 0.2) is 18.3 Å². The van der Waals surface area contributed by atoms with Crippen LogP contribution in [0.4, 0.5) is 0 Å². The lowest BCUT2D eigenvalue weighted by Gasteiger charge is -2.28. The fourth-order valence-corrected chi connectivity index (χ4v) is 2.41. The van der Waals surface area contributed by atoms with E-state index in [9.17, 15) is 9.59 Å². The van der Waals surface area contributed by atoms with Gasteiger partial charge in [-0.25, -0.2) is 0 Å². The van der Waals surface area contributed by atoms with Gasteiger partial charge in [-0.1, -0.05) is 12.8 Å². The zero-order valence-electron chi connectivity index (χ0n) is 10.7. The van der Waals surface area contributed by atoms with Crippen LogP contribution in [0.25, 0.3) is 0 Å². The summed E-state index contributed by atoms with van der Waals surface area (Å²) in [7, 11) is 0. The predicted octanol–water partition coefficient (Wildman–Crippen LogP) is 0.182. The van der Waals surface area contributed by atoms with Crippen molar-refractivity contribution in [2.45, 2.75) is 31.2 Å². The molecule has 1 aromatic heterocycles. The molecule has 0 bridgehead atoms. The Balaban J connectivity index is 2.09. The smallest absolute Gasteiger partial charge is 0.270 e. The molecule has 5 N–H and O–H groups in total. The first kappa shape index (κ1) is 13.5. The Kier molecular flexibility index (Phi) is 3.80. The van der Waals surface area contributed by atoms with E-state index >= 15 is 0 Å². The number of aromatic nitrogens is 1. The highest BCUT2D eigenvalue weighted by Crippen LogP contribution is 2.28. The molecule has 102 valence electrons. The molecule has 0 saturated heterocycles. The lowest BCUT2D eigenvalue weighted by Crippen LogP contribution is -2.51. The van der Waals surface area contributed by atoms with E-state index in [2.05, 4.69) is 10.3 Å². The maximum atomic E-state index is 12.1. The van der Waals surface area contributed by atoms with Gasteiger partial charge in [-0.15, -0.1) is 0 Å². The van der Waals surface area contributed by atoms with Gasteiger partial charge in [0, 0.05) is 12.7 Å². The largest absolute Gasteiger partial charge is 0.366 e. The summed E-state index contributed by atoms with van der Waals surface area (Å²) >= 11 is 0. The molecule has 6 nitrogen and oxygen atoms in total. The molecule has 1 saturated carbocycles. The molecule has 0 radical (unpaired) electrons. The Bertz CT molecular complexity index is 478. The van der Waals surface area contributed by atoms with E-state index in [1.807, 2.05) is 0 Å². The van der Waals surface area contributed by atoms with Crippen molar-refractivity contribution in [3.63, 3.8) is 0 Å². The fourth-order valence-electron chi connectivity index (χ4n) is 2.41. The van der Waals surface area contributed by atoms with Gasteiger partial charge in [-0.3, -0.25) is 14.6 Å². The summed E-state index contributed by atoms with van der Waals surface area (Å²) in [6, 6.07) is 2.99. The maximum Gasteiger partial charge on any atom is 0.270 e. The van der Waals surface area contributed by atoms with Crippen LogP contribution in [-0.4, -0.2) is 28.9 Å². The number of nitrogens with two attached hydrogens (primary N) is 2. The predicted molar refractivity (Wildman–Crippen MR) is 70.5 cm³/mol. The second-order valence-corrected chi connectivity index (χ2v) is 4.94. The van der Waals surface area contributed by atoms with E-state index in [1.54, 1.807) is 0 Å². The van der Waals surface area contributed by atoms with Crippen molar-refractivity contribution in [2.24, 2.45) is 11.5 Å². The maximum absolute atomic E-state index is 12.1. The van der Waals surface area contributed by atoms with Crippen molar-refractivity contribution in [1.29, 1.82) is 0 Å². The third-order valence-corrected chi connectivity index (χ3v) is 3.61. The zero-order chi connectivity index (χ0) is 13.9. The van der Waals surface area contributed by atoms with Gasteiger partial charge in [0.2, 0.25) is 5.91 Å². The van der Waals surface area contributed by atoms with Crippen molar-refractivity contribution >= 4 is 11.8 Å². The highest BCUT2D eigenvalue weighted by atomic mass is 16.2. The van der Waals surface area contributed by atoms with Gasteiger partial charge in [-0.2, -0.15) is 0 Å². The van der Waals surface area contributed by atoms with Crippen LogP contribution >= 0.6 is 0 Å². The summed E-state index contributed by atoms with van der Waals surface area (Å²) < 4.78 is 0. The fraction of sp³-hybridized carbons (Fsp3) is 0.462. The van der Waals surface area contributed by atoms with E-state index in [1.165, 1.54) is 18.3 Å². The second kappa shape index (κ2) is 5.36. The molecule has 0 spiro atoms. The Morgan fingerprint density at radius 3 is 2.47 bits per heavy atom. The van der Waals surface area contributed by atoms with Crippen LogP contribution in [0.1, 0.15) is 46.5 Å². The number of hydrogen-bond donors (Lipinski definition) is 3. The van der Waals surface area contributed by atoms with E-state index in [0.717, 1.165) is 25.7 Å². The van der Waals surface area contributed by atoms with Crippen molar-refractivity contribution in [1.82, 2.24) is 10.3 Å². The van der Waals surface area contributed by atoms with Gasteiger partial charge in [0.1, 0.15) is 5.69 Å². The van der Waals surface area contributed by atoms with Crippen molar-refractivity contribution in [3.8, 4) is 0 Å². The number of rotatable bonds is 4. The molecular formula is C13H18N4O2. The molecule has 6 heteroatoms. The number of primary amides is 1. The Hall–Kier alpha value is -1.95. The standard InChI is InChI=1S/C13H18N4O2/c14-8-13(5-1-2-6-13)17-12(19)10-4-3-9(7-16-10)11(15)18/h3-4,7H,1-2,5-6,8,14H2,(H2,15,18)(H,17,19). The van der Waals surface area contributed by atoms with Crippen LogP contribution in [0, 0.1) is 0 Å². The molecule has 0 atom stereocenters. The minimum atomic E-state index is -0.561. The van der Waals surface area contributed by atoms with Crippen molar-refractivity contribution in [2.75, 3.05) is 6.54 Å². The number of nitrogens with one attached hydrogen (secondary N) is 1. The SMILES string of the molecule is NCC1(NC(=O)c2ccc(C(N)=O)cn2)CCCC1. The van der Waals surface area contributed by atoms with Gasteiger partial charge in [0.15, 0.2) is 0 Å². The minimum Gasteiger partial charge on any atom is -0.366 e. The van der Waals surface area contributed by atoms with E-state index in [0.29, 0.717) is 6.54 Å². The van der Waals surface area contributed by atoms with Crippen LogP contribution in [0.2, 0.25) is 0 Å². The monoisotopic (exact) mass is 262 g/mol. The molecule has 1 aromatic rings. The average Bonchev–Trinajstić information content (AvgIpc) is 2.88. The molecule has 1 fully saturated rings. The first-order chi connectivity index (χ1) is 9.06. The van der Waals surface area contributed by atoms with Crippen LogP contribution in [-0.2, 0) is 0 Å². The first-order valence-electron chi connectivity index (χ1n) is 6.35. The Morgan fingerprint density at radius 2 is 2.00 bits per heavy atom. The Morgan fingerprint density at radius 1 is 1.32 bits per heavy atom. The lowest BCUT2D eigenvalue weighted by atomic mass is 9.97. The lowest BCUT2D eigenvalue weighted by molar-refractivity contribution is 0.0896. The molecule has 0 aromatic carbocycles. The summed E-state index contributed by atoms with van der Waals surface area (Å²) in [6.45, 7) is 0.429. The number of pyridine rings is 1. The molecule has 2 rings (SSSR count). The van der Waals surface area contributed by atoms with Gasteiger partial charge >= 0.3 is 0 Å². The average molecular weight is 262 g/mol. The van der Waals surface area contributed by atoms with Crippen LogP contribution in [0.5, 0.6) is 0 Å². The molecule has 1 aliphatic carbocycles. The van der Waals surface area contributed by atoms with Gasteiger partial charge in [0.05, 0.1) is 11.1 Å². The molecule has 1 aliphatic rings.